The lowest BCUT2D eigenvalue weighted by Gasteiger charge is -2.30. The van der Waals surface area contributed by atoms with Gasteiger partial charge in [0.25, 0.3) is 30.4 Å². The summed E-state index contributed by atoms with van der Waals surface area (Å²) in [6.07, 6.45) is 15.3. The van der Waals surface area contributed by atoms with Crippen molar-refractivity contribution in [2.75, 3.05) is 34.8 Å². The number of allylic oxidation sites excluding steroid dienone is 6. The summed E-state index contributed by atoms with van der Waals surface area (Å²) in [6, 6.07) is 9.45. The zero-order valence-corrected chi connectivity index (χ0v) is 41.7. The molecule has 4 heterocycles. The van der Waals surface area contributed by atoms with Crippen molar-refractivity contribution >= 4 is 76.7 Å². The monoisotopic (exact) mass is 1030 g/mol. The number of rotatable bonds is 25. The molecule has 1 unspecified atom stereocenters. The highest BCUT2D eigenvalue weighted by Gasteiger charge is 2.44. The Labute approximate surface area is 407 Å². The molecule has 0 fully saturated rings. The third kappa shape index (κ3) is 15.5. The quantitative estimate of drug-likeness (QED) is 0.0106. The van der Waals surface area contributed by atoms with Crippen molar-refractivity contribution in [2.24, 2.45) is 10.1 Å². The van der Waals surface area contributed by atoms with Gasteiger partial charge in [-0.05, 0) is 111 Å². The number of aromatic nitrogens is 2. The minimum atomic E-state index is -4.60. The van der Waals surface area contributed by atoms with Crippen molar-refractivity contribution in [1.29, 1.82) is 0 Å². The molecule has 2 aliphatic rings. The summed E-state index contributed by atoms with van der Waals surface area (Å²) in [5.41, 5.74) is 11.6. The van der Waals surface area contributed by atoms with E-state index in [1.807, 2.05) is 56.0 Å². The van der Waals surface area contributed by atoms with Crippen LogP contribution in [0.3, 0.4) is 0 Å². The Balaban J connectivity index is 1.29. The molecule has 69 heavy (non-hydrogen) atoms. The number of aliphatic imine (C=N–C) groups is 1. The van der Waals surface area contributed by atoms with E-state index in [4.69, 9.17) is 22.1 Å². The average Bonchev–Trinajstić information content (AvgIpc) is 3.65. The predicted molar refractivity (Wildman–Crippen MR) is 262 cm³/mol. The first-order valence-electron chi connectivity index (χ1n) is 22.1. The Kier molecular flexibility index (Phi) is 18.4. The van der Waals surface area contributed by atoms with E-state index in [9.17, 15) is 48.5 Å². The van der Waals surface area contributed by atoms with Gasteiger partial charge in [-0.2, -0.15) is 25.3 Å². The zero-order chi connectivity index (χ0) is 50.6. The van der Waals surface area contributed by atoms with Crippen LogP contribution in [0, 0.1) is 0 Å². The van der Waals surface area contributed by atoms with Crippen LogP contribution in [0.2, 0.25) is 5.02 Å². The van der Waals surface area contributed by atoms with Crippen LogP contribution in [0.5, 0.6) is 0 Å². The van der Waals surface area contributed by atoms with Crippen molar-refractivity contribution < 1.29 is 53.1 Å². The van der Waals surface area contributed by atoms with Gasteiger partial charge in [-0.15, -0.1) is 0 Å². The van der Waals surface area contributed by atoms with Gasteiger partial charge in [0, 0.05) is 59.8 Å². The number of unbranched alkanes of at least 4 members (excludes halogenated alkanes) is 3. The van der Waals surface area contributed by atoms with Crippen LogP contribution in [-0.4, -0.2) is 86.0 Å². The number of nitrogens with one attached hydrogen (secondary N) is 2. The Morgan fingerprint density at radius 3 is 2.30 bits per heavy atom. The van der Waals surface area contributed by atoms with Crippen LogP contribution in [0.25, 0.3) is 10.4 Å². The molecule has 5 rings (SSSR count). The molecule has 1 atom stereocenters. The highest BCUT2D eigenvalue weighted by atomic mass is 35.5. The van der Waals surface area contributed by atoms with Crippen LogP contribution < -0.4 is 20.1 Å². The number of benzene rings is 1. The lowest BCUT2D eigenvalue weighted by Crippen LogP contribution is -2.36. The van der Waals surface area contributed by atoms with Gasteiger partial charge in [0.1, 0.15) is 6.20 Å². The molecule has 372 valence electrons. The number of pyridine rings is 2. The molecule has 0 saturated carbocycles. The Bertz CT molecular complexity index is 2920. The first-order chi connectivity index (χ1) is 32.4. The second kappa shape index (κ2) is 23.4. The summed E-state index contributed by atoms with van der Waals surface area (Å²) in [6.45, 7) is 6.81. The maximum atomic E-state index is 12.7. The number of halogens is 1. The van der Waals surface area contributed by atoms with Gasteiger partial charge in [-0.3, -0.25) is 28.2 Å². The SMILES string of the molecule is CC1(C)C(/C=C/C=C/C=C2/N(CCCCCC(=O)NCCC(=O)Nc3ccc(CN=[N+]=[N-])nc3)c3ccc(S(=O)(=O)O)cc3C2(C)CCCCS(=O)(=O)O)=Nc2c1cc(Cl)c[n+]2CCCS(=O)(=O)O. The second-order valence-electron chi connectivity index (χ2n) is 17.4. The molecule has 0 radical (unpaired) electrons. The number of fused-ring (bicyclic) bond motifs is 2. The van der Waals surface area contributed by atoms with E-state index in [1.54, 1.807) is 35.0 Å². The predicted octanol–water partition coefficient (Wildman–Crippen LogP) is 7.26. The molecule has 20 nitrogen and oxygen atoms in total. The van der Waals surface area contributed by atoms with E-state index >= 15 is 0 Å². The van der Waals surface area contributed by atoms with Gasteiger partial charge in [0.05, 0.1) is 57.4 Å². The summed E-state index contributed by atoms with van der Waals surface area (Å²) in [5, 5.41) is 9.35. The maximum Gasteiger partial charge on any atom is 0.327 e. The molecular weight excluding hydrogens is 974 g/mol. The largest absolute Gasteiger partial charge is 0.356 e. The van der Waals surface area contributed by atoms with Gasteiger partial charge in [0.15, 0.2) is 5.71 Å². The number of carbonyl (C=O) groups excluding carboxylic acids is 2. The van der Waals surface area contributed by atoms with E-state index in [2.05, 4.69) is 25.6 Å². The van der Waals surface area contributed by atoms with Crippen LogP contribution >= 0.6 is 11.6 Å². The van der Waals surface area contributed by atoms with E-state index in [-0.39, 0.29) is 62.0 Å². The number of hydrogen-bond acceptors (Lipinski definition) is 12. The fourth-order valence-corrected chi connectivity index (χ4v) is 10.1. The summed E-state index contributed by atoms with van der Waals surface area (Å²) >= 11 is 6.46. The number of amides is 2. The van der Waals surface area contributed by atoms with Gasteiger partial charge < -0.3 is 15.5 Å². The van der Waals surface area contributed by atoms with Crippen LogP contribution in [0.4, 0.5) is 17.2 Å². The Morgan fingerprint density at radius 2 is 1.62 bits per heavy atom. The van der Waals surface area contributed by atoms with Gasteiger partial charge in [-0.1, -0.05) is 47.8 Å². The molecule has 2 aromatic heterocycles. The van der Waals surface area contributed by atoms with E-state index in [0.29, 0.717) is 77.8 Å². The Morgan fingerprint density at radius 1 is 0.884 bits per heavy atom. The third-order valence-electron chi connectivity index (χ3n) is 11.8. The first kappa shape index (κ1) is 54.4. The molecule has 1 aromatic carbocycles. The Hall–Kier alpha value is -5.52. The average molecular weight is 1030 g/mol. The number of nitrogens with zero attached hydrogens (tertiary/aromatic N) is 7. The van der Waals surface area contributed by atoms with Crippen LogP contribution in [0.15, 0.2) is 99.9 Å². The third-order valence-corrected chi connectivity index (χ3v) is 14.5. The summed E-state index contributed by atoms with van der Waals surface area (Å²) < 4.78 is 101. The topological polar surface area (TPSA) is 302 Å². The molecule has 2 amide bonds. The fraction of sp³-hybridized carbons (Fsp3) is 0.444. The number of aryl methyl sites for hydroxylation is 1. The standard InChI is InChI=1S/C45H56ClN9O11S3/c1-44(2)37-27-32(46)31-54(23-12-26-68(61,62)63)43(37)52-39(44)13-6-4-7-14-40-45(3,21-9-11-25-67(58,59)60)36-28-35(69(64,65)66)18-19-38(36)55(40)24-10-5-8-15-41(56)48-22-20-42(57)51-34-17-16-33(49-29-34)30-50-53-47/h4,6-7,13-14,16-19,27-29,31H,5,8-12,15,20-26,30H2,1-3H3,(H4-,48,51,56,57,58,59,60,61,62,63,64,65,66)/p+1. The molecule has 0 bridgehead atoms. The number of carbonyl (C=O) groups is 2. The zero-order valence-electron chi connectivity index (χ0n) is 38.5. The van der Waals surface area contributed by atoms with Crippen LogP contribution in [-0.2, 0) is 63.9 Å². The highest BCUT2D eigenvalue weighted by molar-refractivity contribution is 7.86. The lowest BCUT2D eigenvalue weighted by atomic mass is 9.77. The van der Waals surface area contributed by atoms with Gasteiger partial charge >= 0.3 is 5.82 Å². The lowest BCUT2D eigenvalue weighted by molar-refractivity contribution is -0.684. The first-order valence-corrected chi connectivity index (χ1v) is 27.2. The minimum absolute atomic E-state index is 0.0359. The van der Waals surface area contributed by atoms with E-state index < -0.39 is 52.7 Å². The molecule has 3 aromatic rings. The number of azide groups is 1. The molecule has 0 spiro atoms. The van der Waals surface area contributed by atoms with Crippen molar-refractivity contribution in [3.05, 3.63) is 117 Å². The van der Waals surface area contributed by atoms with Crippen molar-refractivity contribution in [3.63, 3.8) is 0 Å². The minimum Gasteiger partial charge on any atom is -0.356 e. The van der Waals surface area contributed by atoms with E-state index in [0.717, 1.165) is 11.3 Å². The van der Waals surface area contributed by atoms with Crippen molar-refractivity contribution in [3.8, 4) is 0 Å². The molecule has 24 heteroatoms. The van der Waals surface area contributed by atoms with Crippen molar-refractivity contribution in [1.82, 2.24) is 10.3 Å². The highest BCUT2D eigenvalue weighted by Crippen LogP contribution is 2.51. The molecule has 2 aliphatic heterocycles. The van der Waals surface area contributed by atoms with Gasteiger partial charge in [-0.25, -0.2) is 4.57 Å². The number of hydrogen-bond donors (Lipinski definition) is 5. The second-order valence-corrected chi connectivity index (χ2v) is 22.4. The number of anilines is 2. The maximum absolute atomic E-state index is 12.7. The molecular formula is C45H57ClN9O11S3+. The molecule has 0 aliphatic carbocycles. The van der Waals surface area contributed by atoms with E-state index in [1.165, 1.54) is 18.3 Å². The summed E-state index contributed by atoms with van der Waals surface area (Å²) in [7, 11) is -13.0. The normalized spacial score (nSPS) is 17.2. The summed E-state index contributed by atoms with van der Waals surface area (Å²) in [5.74, 6) is -0.796. The van der Waals surface area contributed by atoms with Gasteiger partial charge in [0.2, 0.25) is 11.8 Å². The molecule has 0 saturated heterocycles. The fourth-order valence-electron chi connectivity index (χ4n) is 8.29. The van der Waals surface area contributed by atoms with Crippen LogP contribution in [0.1, 0.15) is 95.4 Å². The van der Waals surface area contributed by atoms with Crippen molar-refractivity contribution in [2.45, 2.75) is 107 Å². The molecule has 5 N–H and O–H groups in total. The summed E-state index contributed by atoms with van der Waals surface area (Å²) in [4.78, 5) is 38.5. The smallest absolute Gasteiger partial charge is 0.327 e.